The Morgan fingerprint density at radius 3 is 2.89 bits per heavy atom. The van der Waals surface area contributed by atoms with Crippen LogP contribution in [0.5, 0.6) is 0 Å². The maximum absolute atomic E-state index is 12.0. The molecule has 0 spiro atoms. The van der Waals surface area contributed by atoms with Crippen molar-refractivity contribution >= 4 is 27.9 Å². The topological polar surface area (TPSA) is 43.4 Å². The van der Waals surface area contributed by atoms with Gasteiger partial charge in [-0.3, -0.25) is 9.00 Å². The number of carbonyl (C=O) groups excluding carboxylic acids is 1. The number of aryl methyl sites for hydroxylation is 2. The highest BCUT2D eigenvalue weighted by Gasteiger charge is 2.21. The van der Waals surface area contributed by atoms with Gasteiger partial charge < -0.3 is 4.74 Å². The van der Waals surface area contributed by atoms with Crippen LogP contribution in [0.4, 0.5) is 0 Å². The second kappa shape index (κ2) is 6.08. The van der Waals surface area contributed by atoms with Crippen molar-refractivity contribution in [1.82, 2.24) is 0 Å². The van der Waals surface area contributed by atoms with E-state index in [-0.39, 0.29) is 17.6 Å². The molecule has 1 aromatic rings. The summed E-state index contributed by atoms with van der Waals surface area (Å²) in [6.07, 6.45) is 2.10. The van der Waals surface area contributed by atoms with E-state index in [2.05, 4.69) is 0 Å². The van der Waals surface area contributed by atoms with E-state index in [1.807, 2.05) is 19.9 Å². The van der Waals surface area contributed by atoms with Gasteiger partial charge in [-0.25, -0.2) is 0 Å². The zero-order valence-corrected chi connectivity index (χ0v) is 12.4. The van der Waals surface area contributed by atoms with E-state index in [1.165, 1.54) is 0 Å². The molecule has 2 heterocycles. The number of rotatable bonds is 5. The molecule has 2 unspecified atom stereocenters. The molecular weight excluding hydrogens is 268 g/mol. The van der Waals surface area contributed by atoms with Crippen LogP contribution < -0.4 is 0 Å². The summed E-state index contributed by atoms with van der Waals surface area (Å²) in [6, 6.07) is 1.89. The van der Waals surface area contributed by atoms with Gasteiger partial charge in [-0.1, -0.05) is 0 Å². The minimum atomic E-state index is -1.11. The molecule has 1 aliphatic rings. The fourth-order valence-corrected chi connectivity index (χ4v) is 4.36. The molecule has 1 aromatic heterocycles. The molecule has 0 N–H and O–H groups in total. The molecule has 2 rings (SSSR count). The van der Waals surface area contributed by atoms with Crippen LogP contribution in [0.25, 0.3) is 0 Å². The number of ether oxygens (including phenoxy) is 1. The summed E-state index contributed by atoms with van der Waals surface area (Å²) in [5, 5.41) is 0. The summed E-state index contributed by atoms with van der Waals surface area (Å²) in [5.41, 5.74) is 0.734. The van der Waals surface area contributed by atoms with Crippen molar-refractivity contribution in [3.05, 3.63) is 21.4 Å². The van der Waals surface area contributed by atoms with Crippen LogP contribution in [-0.4, -0.2) is 34.2 Å². The van der Waals surface area contributed by atoms with Crippen LogP contribution in [-0.2, 0) is 15.5 Å². The first-order valence-electron chi connectivity index (χ1n) is 6.13. The minimum Gasteiger partial charge on any atom is -0.377 e. The Kier molecular flexibility index (Phi) is 4.70. The highest BCUT2D eigenvalue weighted by atomic mass is 32.2. The number of thiophene rings is 1. The van der Waals surface area contributed by atoms with Crippen molar-refractivity contribution in [2.45, 2.75) is 32.8 Å². The third-order valence-electron chi connectivity index (χ3n) is 3.03. The Bertz CT molecular complexity index is 459. The van der Waals surface area contributed by atoms with Crippen LogP contribution in [0.15, 0.2) is 6.07 Å². The van der Waals surface area contributed by atoms with Crippen LogP contribution in [0.2, 0.25) is 0 Å². The maximum atomic E-state index is 12.0. The average molecular weight is 286 g/mol. The van der Waals surface area contributed by atoms with Crippen molar-refractivity contribution < 1.29 is 13.7 Å². The maximum Gasteiger partial charge on any atom is 0.176 e. The Morgan fingerprint density at radius 2 is 2.33 bits per heavy atom. The Morgan fingerprint density at radius 1 is 1.56 bits per heavy atom. The van der Waals surface area contributed by atoms with Crippen LogP contribution in [0.3, 0.4) is 0 Å². The van der Waals surface area contributed by atoms with Crippen molar-refractivity contribution in [1.29, 1.82) is 0 Å². The highest BCUT2D eigenvalue weighted by Crippen LogP contribution is 2.21. The first-order chi connectivity index (χ1) is 8.56. The molecule has 5 heteroatoms. The quantitative estimate of drug-likeness (QED) is 0.781. The van der Waals surface area contributed by atoms with Gasteiger partial charge in [-0.15, -0.1) is 11.3 Å². The molecule has 0 saturated carbocycles. The highest BCUT2D eigenvalue weighted by molar-refractivity contribution is 7.85. The summed E-state index contributed by atoms with van der Waals surface area (Å²) in [6.45, 7) is 4.68. The predicted octanol–water partition coefficient (Wildman–Crippen LogP) is 2.48. The fourth-order valence-electron chi connectivity index (χ4n) is 2.17. The lowest BCUT2D eigenvalue weighted by molar-refractivity contribution is 0.102. The Labute approximate surface area is 114 Å². The number of Topliss-reactive ketones (excluding diaryl/α,β-unsaturated/α-hetero) is 1. The van der Waals surface area contributed by atoms with E-state index in [9.17, 15) is 9.00 Å². The lowest BCUT2D eigenvalue weighted by atomic mass is 10.2. The number of hydrogen-bond donors (Lipinski definition) is 0. The van der Waals surface area contributed by atoms with Gasteiger partial charge >= 0.3 is 0 Å². The van der Waals surface area contributed by atoms with E-state index in [1.54, 1.807) is 11.3 Å². The molecule has 0 aliphatic carbocycles. The fraction of sp³-hybridized carbons (Fsp3) is 0.615. The molecule has 0 bridgehead atoms. The van der Waals surface area contributed by atoms with Gasteiger partial charge in [0, 0.05) is 32.7 Å². The Hall–Kier alpha value is -0.520. The molecular formula is C13H18O3S2. The van der Waals surface area contributed by atoms with E-state index in [0.29, 0.717) is 5.75 Å². The second-order valence-electron chi connectivity index (χ2n) is 4.64. The first kappa shape index (κ1) is 13.9. The first-order valence-corrected chi connectivity index (χ1v) is 8.43. The van der Waals surface area contributed by atoms with Crippen LogP contribution in [0, 0.1) is 13.8 Å². The summed E-state index contributed by atoms with van der Waals surface area (Å²) in [4.78, 5) is 14.2. The third-order valence-corrected chi connectivity index (χ3v) is 5.32. The summed E-state index contributed by atoms with van der Waals surface area (Å²) < 4.78 is 17.4. The molecule has 1 fully saturated rings. The van der Waals surface area contributed by atoms with E-state index < -0.39 is 10.8 Å². The van der Waals surface area contributed by atoms with E-state index in [0.717, 1.165) is 34.8 Å². The van der Waals surface area contributed by atoms with Gasteiger partial charge in [0.15, 0.2) is 5.78 Å². The zero-order valence-electron chi connectivity index (χ0n) is 10.7. The molecule has 1 aliphatic heterocycles. The van der Waals surface area contributed by atoms with Gasteiger partial charge in [0.1, 0.15) is 0 Å². The van der Waals surface area contributed by atoms with Crippen molar-refractivity contribution in [3.8, 4) is 0 Å². The minimum absolute atomic E-state index is 0.00631. The SMILES string of the molecule is Cc1cc(C(=O)CS(=O)CC2CCCO2)c(C)s1. The van der Waals surface area contributed by atoms with Crippen molar-refractivity contribution in [3.63, 3.8) is 0 Å². The lowest BCUT2D eigenvalue weighted by Crippen LogP contribution is -2.21. The largest absolute Gasteiger partial charge is 0.377 e. The van der Waals surface area contributed by atoms with Gasteiger partial charge in [-0.05, 0) is 32.8 Å². The van der Waals surface area contributed by atoms with Crippen molar-refractivity contribution in [2.75, 3.05) is 18.1 Å². The molecule has 0 radical (unpaired) electrons. The van der Waals surface area contributed by atoms with E-state index >= 15 is 0 Å². The Balaban J connectivity index is 1.90. The molecule has 18 heavy (non-hydrogen) atoms. The summed E-state index contributed by atoms with van der Waals surface area (Å²) in [5.74, 6) is 0.610. The molecule has 1 saturated heterocycles. The predicted molar refractivity (Wildman–Crippen MR) is 75.0 cm³/mol. The smallest absolute Gasteiger partial charge is 0.176 e. The average Bonchev–Trinajstić information content (AvgIpc) is 2.88. The summed E-state index contributed by atoms with van der Waals surface area (Å²) in [7, 11) is -1.11. The van der Waals surface area contributed by atoms with Crippen LogP contribution >= 0.6 is 11.3 Å². The molecule has 2 atom stereocenters. The standard InChI is InChI=1S/C13H18O3S2/c1-9-6-12(10(2)17-9)13(14)8-18(15)7-11-4-3-5-16-11/h6,11H,3-5,7-8H2,1-2H3. The molecule has 0 amide bonds. The summed E-state index contributed by atoms with van der Waals surface area (Å²) >= 11 is 1.61. The molecule has 3 nitrogen and oxygen atoms in total. The molecule has 0 aromatic carbocycles. The van der Waals surface area contributed by atoms with E-state index in [4.69, 9.17) is 4.74 Å². The van der Waals surface area contributed by atoms with Gasteiger partial charge in [-0.2, -0.15) is 0 Å². The normalized spacial score (nSPS) is 21.1. The van der Waals surface area contributed by atoms with Crippen LogP contribution in [0.1, 0.15) is 33.0 Å². The monoisotopic (exact) mass is 286 g/mol. The molecule has 100 valence electrons. The van der Waals surface area contributed by atoms with Gasteiger partial charge in [0.2, 0.25) is 0 Å². The van der Waals surface area contributed by atoms with Crippen molar-refractivity contribution in [2.24, 2.45) is 0 Å². The number of carbonyl (C=O) groups is 1. The number of hydrogen-bond acceptors (Lipinski definition) is 4. The zero-order chi connectivity index (χ0) is 13.1. The second-order valence-corrected chi connectivity index (χ2v) is 7.60. The lowest BCUT2D eigenvalue weighted by Gasteiger charge is -2.08. The van der Waals surface area contributed by atoms with Gasteiger partial charge in [0.25, 0.3) is 0 Å². The number of ketones is 1. The van der Waals surface area contributed by atoms with Gasteiger partial charge in [0.05, 0.1) is 17.6 Å². The third kappa shape index (κ3) is 3.49.